The van der Waals surface area contributed by atoms with Crippen LogP contribution in [0.15, 0.2) is 108 Å². The van der Waals surface area contributed by atoms with Crippen LogP contribution in [0.3, 0.4) is 0 Å². The Bertz CT molecular complexity index is 1680. The molecule has 0 unspecified atom stereocenters. The molecule has 0 bridgehead atoms. The highest BCUT2D eigenvalue weighted by Crippen LogP contribution is 2.54. The van der Waals surface area contributed by atoms with Crippen LogP contribution in [-0.4, -0.2) is 68.4 Å². The minimum absolute atomic E-state index is 0.0859. The van der Waals surface area contributed by atoms with E-state index < -0.39 is 29.6 Å². The summed E-state index contributed by atoms with van der Waals surface area (Å²) in [6.45, 7) is 1.64. The first kappa shape index (κ1) is 29.6. The molecular weight excluding hydrogens is 634 g/mol. The number of aliphatic hydroxyl groups is 1. The molecule has 2 fully saturated rings. The zero-order valence-corrected chi connectivity index (χ0v) is 26.3. The van der Waals surface area contributed by atoms with E-state index >= 15 is 0 Å². The molecule has 4 aliphatic rings. The number of ether oxygens (including phenoxy) is 1. The van der Waals surface area contributed by atoms with E-state index in [9.17, 15) is 19.5 Å². The van der Waals surface area contributed by atoms with Gasteiger partial charge in [-0.15, -0.1) is 0 Å². The summed E-state index contributed by atoms with van der Waals surface area (Å²) in [4.78, 5) is 48.7. The number of fused-ring (bicyclic) bond motifs is 2. The third kappa shape index (κ3) is 5.32. The van der Waals surface area contributed by atoms with E-state index in [2.05, 4.69) is 15.9 Å². The average molecular weight is 669 g/mol. The average Bonchev–Trinajstić information content (AvgIpc) is 3.36. The number of aliphatic hydroxyl groups excluding tert-OH is 1. The third-order valence-corrected chi connectivity index (χ3v) is 9.86. The zero-order valence-electron chi connectivity index (χ0n) is 24.7. The van der Waals surface area contributed by atoms with Crippen molar-refractivity contribution in [1.82, 2.24) is 14.7 Å². The Morgan fingerprint density at radius 1 is 0.756 bits per heavy atom. The number of halogens is 1. The van der Waals surface area contributed by atoms with Crippen molar-refractivity contribution in [3.63, 3.8) is 0 Å². The van der Waals surface area contributed by atoms with Gasteiger partial charge in [-0.1, -0.05) is 107 Å². The highest BCUT2D eigenvalue weighted by atomic mass is 79.9. The third-order valence-electron chi connectivity index (χ3n) is 9.36. The van der Waals surface area contributed by atoms with Crippen molar-refractivity contribution in [3.8, 4) is 0 Å². The van der Waals surface area contributed by atoms with Gasteiger partial charge < -0.3 is 24.5 Å². The first-order valence-corrected chi connectivity index (χ1v) is 16.0. The van der Waals surface area contributed by atoms with Crippen molar-refractivity contribution in [2.24, 2.45) is 11.8 Å². The summed E-state index contributed by atoms with van der Waals surface area (Å²) in [5, 5.41) is 9.54. The fourth-order valence-electron chi connectivity index (χ4n) is 7.30. The highest BCUT2D eigenvalue weighted by molar-refractivity contribution is 9.10. The summed E-state index contributed by atoms with van der Waals surface area (Å²) in [5.74, 6) is -2.25. The quantitative estimate of drug-likeness (QED) is 0.381. The molecule has 5 atom stereocenters. The molecule has 0 aliphatic carbocycles. The molecule has 1 spiro atoms. The molecule has 8 nitrogen and oxygen atoms in total. The van der Waals surface area contributed by atoms with Gasteiger partial charge in [-0.05, 0) is 34.4 Å². The van der Waals surface area contributed by atoms with Gasteiger partial charge in [-0.3, -0.25) is 14.4 Å². The lowest BCUT2D eigenvalue weighted by molar-refractivity contribution is -0.149. The molecular formula is C36H34BrN3O5. The molecule has 0 saturated carbocycles. The highest BCUT2D eigenvalue weighted by Gasteiger charge is 2.71. The van der Waals surface area contributed by atoms with Gasteiger partial charge in [-0.2, -0.15) is 0 Å². The Kier molecular flexibility index (Phi) is 7.93. The molecule has 0 aromatic heterocycles. The SMILES string of the molecule is O=C1[C@@H]2[C@H](C=CCN1Cc1cccc(Br)c1)O[C@@]13C=CCN(Cc4ccccc4)C(=O)[C@@H]1N(Cc1ccc(CO)cc1)C(=O)[C@@H]23. The van der Waals surface area contributed by atoms with Gasteiger partial charge in [0.1, 0.15) is 11.6 Å². The second kappa shape index (κ2) is 12.0. The maximum atomic E-state index is 14.6. The van der Waals surface area contributed by atoms with Crippen LogP contribution in [0.2, 0.25) is 0 Å². The van der Waals surface area contributed by atoms with E-state index in [1.807, 2.05) is 103 Å². The minimum atomic E-state index is -1.29. The van der Waals surface area contributed by atoms with E-state index in [0.717, 1.165) is 26.7 Å². The van der Waals surface area contributed by atoms with Gasteiger partial charge in [0.2, 0.25) is 17.7 Å². The van der Waals surface area contributed by atoms with Gasteiger partial charge >= 0.3 is 0 Å². The minimum Gasteiger partial charge on any atom is -0.392 e. The van der Waals surface area contributed by atoms with Crippen LogP contribution in [-0.2, 0) is 45.4 Å². The molecule has 0 radical (unpaired) electrons. The standard InChI is InChI=1S/C36H34BrN3O5/c37-28-10-4-9-27(19-28)21-38-17-5-11-29-30(33(38)42)31-34(43)40(22-25-12-14-26(23-41)15-13-25)32-35(44)39(18-6-16-36(31,32)45-29)20-24-7-2-1-3-8-24/h1-16,19,29-32,41H,17-18,20-23H2/t29-,30+,31+,32-,36+/m0/s1. The Morgan fingerprint density at radius 3 is 2.18 bits per heavy atom. The number of hydrogen-bond acceptors (Lipinski definition) is 5. The Morgan fingerprint density at radius 2 is 1.42 bits per heavy atom. The Labute approximate surface area is 270 Å². The number of likely N-dealkylation sites (tertiary alicyclic amines) is 1. The van der Waals surface area contributed by atoms with Gasteiger partial charge in [0.25, 0.3) is 0 Å². The van der Waals surface area contributed by atoms with Crippen LogP contribution in [0.4, 0.5) is 0 Å². The summed E-state index contributed by atoms with van der Waals surface area (Å²) in [7, 11) is 0. The number of carbonyl (C=O) groups excluding carboxylic acids is 3. The molecule has 4 heterocycles. The largest absolute Gasteiger partial charge is 0.392 e. The molecule has 3 aromatic carbocycles. The second-order valence-electron chi connectivity index (χ2n) is 12.2. The molecule has 1 N–H and O–H groups in total. The van der Waals surface area contributed by atoms with Gasteiger partial charge in [0.15, 0.2) is 0 Å². The molecule has 3 amide bonds. The molecule has 9 heteroatoms. The lowest BCUT2D eigenvalue weighted by Gasteiger charge is -2.35. The van der Waals surface area contributed by atoms with Crippen LogP contribution < -0.4 is 0 Å². The number of nitrogens with zero attached hydrogens (tertiary/aromatic N) is 3. The lowest BCUT2D eigenvalue weighted by atomic mass is 9.77. The first-order chi connectivity index (χ1) is 21.9. The Hall–Kier alpha value is -4.05. The smallest absolute Gasteiger partial charge is 0.249 e. The van der Waals surface area contributed by atoms with Crippen LogP contribution in [0.1, 0.15) is 22.3 Å². The molecule has 7 rings (SSSR count). The number of hydrogen-bond donors (Lipinski definition) is 1. The van der Waals surface area contributed by atoms with Gasteiger partial charge in [-0.25, -0.2) is 0 Å². The number of rotatable bonds is 7. The molecule has 4 aliphatic heterocycles. The van der Waals surface area contributed by atoms with Crippen LogP contribution in [0.25, 0.3) is 0 Å². The Balaban J connectivity index is 1.26. The first-order valence-electron chi connectivity index (χ1n) is 15.3. The van der Waals surface area contributed by atoms with E-state index in [1.165, 1.54) is 0 Å². The maximum Gasteiger partial charge on any atom is 0.249 e. The molecule has 2 saturated heterocycles. The zero-order chi connectivity index (χ0) is 31.1. The maximum absolute atomic E-state index is 14.6. The van der Waals surface area contributed by atoms with E-state index in [0.29, 0.717) is 26.2 Å². The summed E-state index contributed by atoms with van der Waals surface area (Å²) < 4.78 is 7.73. The van der Waals surface area contributed by atoms with Crippen LogP contribution >= 0.6 is 15.9 Å². The monoisotopic (exact) mass is 667 g/mol. The van der Waals surface area contributed by atoms with E-state index in [1.54, 1.807) is 14.7 Å². The number of amides is 3. The van der Waals surface area contributed by atoms with Gasteiger partial charge in [0.05, 0.1) is 24.5 Å². The van der Waals surface area contributed by atoms with Crippen molar-refractivity contribution in [3.05, 3.63) is 130 Å². The van der Waals surface area contributed by atoms with Crippen molar-refractivity contribution in [2.45, 2.75) is 44.0 Å². The molecule has 230 valence electrons. The van der Waals surface area contributed by atoms with Gasteiger partial charge in [0, 0.05) is 37.2 Å². The molecule has 45 heavy (non-hydrogen) atoms. The van der Waals surface area contributed by atoms with Crippen LogP contribution in [0, 0.1) is 11.8 Å². The predicted molar refractivity (Wildman–Crippen MR) is 171 cm³/mol. The summed E-state index contributed by atoms with van der Waals surface area (Å²) in [6, 6.07) is 24.0. The van der Waals surface area contributed by atoms with E-state index in [-0.39, 0.29) is 30.9 Å². The van der Waals surface area contributed by atoms with Crippen molar-refractivity contribution < 1.29 is 24.2 Å². The topological polar surface area (TPSA) is 90.4 Å². The fourth-order valence-corrected chi connectivity index (χ4v) is 7.74. The fraction of sp³-hybridized carbons (Fsp3) is 0.306. The second-order valence-corrected chi connectivity index (χ2v) is 13.1. The lowest BCUT2D eigenvalue weighted by Crippen LogP contribution is -2.54. The molecule has 3 aromatic rings. The number of carbonyl (C=O) groups is 3. The summed E-state index contributed by atoms with van der Waals surface area (Å²) in [5.41, 5.74) is 2.25. The predicted octanol–water partition coefficient (Wildman–Crippen LogP) is 4.22. The van der Waals surface area contributed by atoms with Crippen molar-refractivity contribution in [1.29, 1.82) is 0 Å². The van der Waals surface area contributed by atoms with E-state index in [4.69, 9.17) is 4.74 Å². The number of benzene rings is 3. The van der Waals surface area contributed by atoms with Crippen molar-refractivity contribution in [2.75, 3.05) is 13.1 Å². The van der Waals surface area contributed by atoms with Crippen LogP contribution in [0.5, 0.6) is 0 Å². The van der Waals surface area contributed by atoms with Crippen molar-refractivity contribution >= 4 is 33.7 Å². The normalized spacial score (nSPS) is 27.3. The summed E-state index contributed by atoms with van der Waals surface area (Å²) >= 11 is 3.52. The summed E-state index contributed by atoms with van der Waals surface area (Å²) in [6.07, 6.45) is 6.99.